The van der Waals surface area contributed by atoms with Gasteiger partial charge in [-0.05, 0) is 63.9 Å². The Balaban J connectivity index is 1.94. The number of carbonyl (C=O) groups is 3. The van der Waals surface area contributed by atoms with Crippen LogP contribution in [-0.2, 0) is 14.4 Å². The van der Waals surface area contributed by atoms with Crippen molar-refractivity contribution in [1.29, 1.82) is 0 Å². The molecule has 1 unspecified atom stereocenters. The van der Waals surface area contributed by atoms with Gasteiger partial charge < -0.3 is 15.4 Å². The highest BCUT2D eigenvalue weighted by molar-refractivity contribution is 6.35. The van der Waals surface area contributed by atoms with Crippen LogP contribution in [0.2, 0.25) is 10.0 Å². The van der Waals surface area contributed by atoms with E-state index in [1.54, 1.807) is 25.1 Å². The van der Waals surface area contributed by atoms with E-state index in [2.05, 4.69) is 15.5 Å². The van der Waals surface area contributed by atoms with Gasteiger partial charge in [0.25, 0.3) is 0 Å². The van der Waals surface area contributed by atoms with Crippen molar-refractivity contribution in [1.82, 2.24) is 10.2 Å². The number of unbranched alkanes of at least 4 members (excludes halogenated alkanes) is 2. The van der Waals surface area contributed by atoms with Crippen LogP contribution in [0.5, 0.6) is 0 Å². The molecule has 1 aromatic carbocycles. The molecule has 1 saturated heterocycles. The third kappa shape index (κ3) is 9.15. The molecule has 0 aromatic heterocycles. The Bertz CT molecular complexity index is 701. The Morgan fingerprint density at radius 3 is 2.31 bits per heavy atom. The number of likely N-dealkylation sites (tertiary alicyclic amines) is 1. The van der Waals surface area contributed by atoms with Crippen molar-refractivity contribution in [2.75, 3.05) is 25.0 Å². The second-order valence-corrected chi connectivity index (χ2v) is 8.42. The molecule has 6 nitrogen and oxygen atoms in total. The average Bonchev–Trinajstić information content (AvgIpc) is 3.12. The highest BCUT2D eigenvalue weighted by Crippen LogP contribution is 2.23. The second-order valence-electron chi connectivity index (χ2n) is 7.55. The van der Waals surface area contributed by atoms with E-state index in [-0.39, 0.29) is 17.6 Å². The number of Topliss-reactive ketones (excluding diaryl/α,β-unsaturated/α-hetero) is 1. The van der Waals surface area contributed by atoms with Gasteiger partial charge in [-0.15, -0.1) is 0 Å². The molecule has 0 spiro atoms. The van der Waals surface area contributed by atoms with Gasteiger partial charge in [0, 0.05) is 22.2 Å². The van der Waals surface area contributed by atoms with Crippen molar-refractivity contribution in [2.45, 2.75) is 57.9 Å². The second kappa shape index (κ2) is 12.2. The number of rotatable bonds is 11. The van der Waals surface area contributed by atoms with E-state index < -0.39 is 6.04 Å². The van der Waals surface area contributed by atoms with Gasteiger partial charge in [0.15, 0.2) is 0 Å². The summed E-state index contributed by atoms with van der Waals surface area (Å²) in [6, 6.07) is 4.16. The SMILES string of the molecule is CC(=O)CCCCCC(NC(=O)CN1CCCC1)C(=O)Nc1cc(Cl)cc(Cl)c1. The summed E-state index contributed by atoms with van der Waals surface area (Å²) in [6.45, 7) is 3.70. The van der Waals surface area contributed by atoms with Crippen LogP contribution in [0.3, 0.4) is 0 Å². The zero-order valence-corrected chi connectivity index (χ0v) is 18.3. The van der Waals surface area contributed by atoms with Crippen LogP contribution in [0.4, 0.5) is 5.69 Å². The Labute approximate surface area is 182 Å². The molecule has 0 radical (unpaired) electrons. The molecule has 2 amide bonds. The molecule has 1 atom stereocenters. The molecular weight excluding hydrogens is 413 g/mol. The first-order chi connectivity index (χ1) is 13.8. The molecule has 0 saturated carbocycles. The summed E-state index contributed by atoms with van der Waals surface area (Å²) < 4.78 is 0. The Morgan fingerprint density at radius 2 is 1.69 bits per heavy atom. The standard InChI is InChI=1S/C21H29Cl2N3O3/c1-15(27)7-3-2-4-8-19(25-20(28)14-26-9-5-6-10-26)21(29)24-18-12-16(22)11-17(23)13-18/h11-13,19H,2-10,14H2,1H3,(H,24,29)(H,25,28). The number of halogens is 2. The van der Waals surface area contributed by atoms with Gasteiger partial charge in [0.05, 0.1) is 6.54 Å². The van der Waals surface area contributed by atoms with Crippen molar-refractivity contribution < 1.29 is 14.4 Å². The van der Waals surface area contributed by atoms with Crippen LogP contribution in [0.15, 0.2) is 18.2 Å². The minimum absolute atomic E-state index is 0.153. The van der Waals surface area contributed by atoms with Crippen molar-refractivity contribution in [3.05, 3.63) is 28.2 Å². The maximum Gasteiger partial charge on any atom is 0.246 e. The summed E-state index contributed by atoms with van der Waals surface area (Å²) in [5, 5.41) is 6.50. The molecule has 0 bridgehead atoms. The van der Waals surface area contributed by atoms with E-state index in [1.165, 1.54) is 0 Å². The topological polar surface area (TPSA) is 78.5 Å². The molecule has 0 aliphatic carbocycles. The first kappa shape index (κ1) is 23.6. The van der Waals surface area contributed by atoms with Crippen LogP contribution in [0.1, 0.15) is 51.9 Å². The van der Waals surface area contributed by atoms with Gasteiger partial charge in [-0.3, -0.25) is 14.5 Å². The maximum atomic E-state index is 12.8. The molecule has 160 valence electrons. The summed E-state index contributed by atoms with van der Waals surface area (Å²) in [5.74, 6) is -0.291. The third-order valence-corrected chi connectivity index (χ3v) is 5.31. The average molecular weight is 442 g/mol. The molecule has 1 fully saturated rings. The van der Waals surface area contributed by atoms with Gasteiger partial charge in [-0.1, -0.05) is 36.0 Å². The van der Waals surface area contributed by atoms with E-state index in [4.69, 9.17) is 23.2 Å². The molecule has 2 N–H and O–H groups in total. The summed E-state index contributed by atoms with van der Waals surface area (Å²) in [5.41, 5.74) is 0.489. The molecule has 1 heterocycles. The highest BCUT2D eigenvalue weighted by atomic mass is 35.5. The number of ketones is 1. The highest BCUT2D eigenvalue weighted by Gasteiger charge is 2.23. The number of carbonyl (C=O) groups excluding carboxylic acids is 3. The minimum Gasteiger partial charge on any atom is -0.343 e. The number of hydrogen-bond acceptors (Lipinski definition) is 4. The fourth-order valence-electron chi connectivity index (χ4n) is 3.41. The van der Waals surface area contributed by atoms with E-state index >= 15 is 0 Å². The fraction of sp³-hybridized carbons (Fsp3) is 0.571. The summed E-state index contributed by atoms with van der Waals surface area (Å²) >= 11 is 12.0. The first-order valence-electron chi connectivity index (χ1n) is 10.1. The third-order valence-electron chi connectivity index (χ3n) is 4.87. The largest absolute Gasteiger partial charge is 0.343 e. The van der Waals surface area contributed by atoms with Gasteiger partial charge in [0.1, 0.15) is 11.8 Å². The number of anilines is 1. The summed E-state index contributed by atoms with van der Waals surface area (Å²) in [7, 11) is 0. The predicted molar refractivity (Wildman–Crippen MR) is 116 cm³/mol. The molecule has 1 aliphatic rings. The lowest BCUT2D eigenvalue weighted by Gasteiger charge is -2.21. The summed E-state index contributed by atoms with van der Waals surface area (Å²) in [4.78, 5) is 38.4. The van der Waals surface area contributed by atoms with Crippen LogP contribution >= 0.6 is 23.2 Å². The van der Waals surface area contributed by atoms with Gasteiger partial charge in [-0.25, -0.2) is 0 Å². The van der Waals surface area contributed by atoms with Gasteiger partial charge in [-0.2, -0.15) is 0 Å². The molecule has 1 aliphatic heterocycles. The first-order valence-corrected chi connectivity index (χ1v) is 10.9. The number of benzene rings is 1. The van der Waals surface area contributed by atoms with E-state index in [1.807, 2.05) is 0 Å². The van der Waals surface area contributed by atoms with Crippen molar-refractivity contribution >= 4 is 46.5 Å². The zero-order chi connectivity index (χ0) is 21.2. The quantitative estimate of drug-likeness (QED) is 0.507. The van der Waals surface area contributed by atoms with Crippen LogP contribution in [0, 0.1) is 0 Å². The zero-order valence-electron chi connectivity index (χ0n) is 16.8. The van der Waals surface area contributed by atoms with Crippen LogP contribution < -0.4 is 10.6 Å². The van der Waals surface area contributed by atoms with Gasteiger partial charge in [0.2, 0.25) is 11.8 Å². The smallest absolute Gasteiger partial charge is 0.246 e. The molecule has 8 heteroatoms. The Kier molecular flexibility index (Phi) is 9.91. The maximum absolute atomic E-state index is 12.8. The van der Waals surface area contributed by atoms with Crippen LogP contribution in [-0.4, -0.2) is 48.2 Å². The molecule has 29 heavy (non-hydrogen) atoms. The fourth-order valence-corrected chi connectivity index (χ4v) is 3.93. The van der Waals surface area contributed by atoms with Crippen molar-refractivity contribution in [3.63, 3.8) is 0 Å². The lowest BCUT2D eigenvalue weighted by Crippen LogP contribution is -2.47. The lowest BCUT2D eigenvalue weighted by molar-refractivity contribution is -0.127. The predicted octanol–water partition coefficient (Wildman–Crippen LogP) is 4.05. The van der Waals surface area contributed by atoms with E-state index in [9.17, 15) is 14.4 Å². The van der Waals surface area contributed by atoms with Crippen molar-refractivity contribution in [3.8, 4) is 0 Å². The number of nitrogens with one attached hydrogen (secondary N) is 2. The Hall–Kier alpha value is -1.63. The van der Waals surface area contributed by atoms with E-state index in [0.717, 1.165) is 45.2 Å². The normalized spacial score (nSPS) is 15.1. The number of amides is 2. The van der Waals surface area contributed by atoms with Gasteiger partial charge >= 0.3 is 0 Å². The Morgan fingerprint density at radius 1 is 1.03 bits per heavy atom. The summed E-state index contributed by atoms with van der Waals surface area (Å²) in [6.07, 6.45) is 5.60. The van der Waals surface area contributed by atoms with Crippen LogP contribution in [0.25, 0.3) is 0 Å². The molecular formula is C21H29Cl2N3O3. The molecule has 1 aromatic rings. The lowest BCUT2D eigenvalue weighted by atomic mass is 10.1. The number of hydrogen-bond donors (Lipinski definition) is 2. The minimum atomic E-state index is -0.653. The molecule has 2 rings (SSSR count). The number of nitrogens with zero attached hydrogens (tertiary/aromatic N) is 1. The van der Waals surface area contributed by atoms with Crippen molar-refractivity contribution in [2.24, 2.45) is 0 Å². The van der Waals surface area contributed by atoms with E-state index in [0.29, 0.717) is 35.1 Å². The monoisotopic (exact) mass is 441 g/mol.